The van der Waals surface area contributed by atoms with E-state index in [0.29, 0.717) is 11.6 Å². The van der Waals surface area contributed by atoms with E-state index in [9.17, 15) is 8.42 Å². The van der Waals surface area contributed by atoms with Crippen molar-refractivity contribution >= 4 is 51.6 Å². The summed E-state index contributed by atoms with van der Waals surface area (Å²) < 4.78 is 32.5. The second-order valence-electron chi connectivity index (χ2n) is 5.99. The third-order valence-corrected chi connectivity index (χ3v) is 5.77. The number of benzene rings is 2. The normalized spacial score (nSPS) is 16.5. The molecule has 0 aliphatic carbocycles. The number of ether oxygens (including phenoxy) is 1. The Labute approximate surface area is 186 Å². The fourth-order valence-electron chi connectivity index (χ4n) is 2.79. The highest BCUT2D eigenvalue weighted by Gasteiger charge is 2.21. The van der Waals surface area contributed by atoms with Crippen molar-refractivity contribution in [1.29, 1.82) is 0 Å². The smallest absolute Gasteiger partial charge is 0.240 e. The van der Waals surface area contributed by atoms with Crippen LogP contribution in [0.3, 0.4) is 0 Å². The topological polar surface area (TPSA) is 106 Å². The van der Waals surface area contributed by atoms with E-state index in [1.165, 1.54) is 12.1 Å². The number of fused-ring (bicyclic) bond motifs is 1. The molecule has 0 saturated heterocycles. The van der Waals surface area contributed by atoms with E-state index in [1.807, 2.05) is 24.3 Å². The molecule has 2 aromatic carbocycles. The van der Waals surface area contributed by atoms with Gasteiger partial charge in [-0.05, 0) is 24.3 Å². The third kappa shape index (κ3) is 5.97. The van der Waals surface area contributed by atoms with Crippen molar-refractivity contribution < 1.29 is 13.2 Å². The highest BCUT2D eigenvalue weighted by molar-refractivity contribution is 14.0. The average molecular weight is 537 g/mol. The predicted molar refractivity (Wildman–Crippen MR) is 121 cm³/mol. The van der Waals surface area contributed by atoms with E-state index in [0.717, 1.165) is 17.7 Å². The first kappa shape index (κ1) is 22.7. The largest absolute Gasteiger partial charge is 0.493 e. The maximum atomic E-state index is 12.2. The van der Waals surface area contributed by atoms with Crippen molar-refractivity contribution in [1.82, 2.24) is 10.0 Å². The molecule has 28 heavy (non-hydrogen) atoms. The summed E-state index contributed by atoms with van der Waals surface area (Å²) in [5.41, 5.74) is 6.98. The van der Waals surface area contributed by atoms with Crippen LogP contribution in [0.25, 0.3) is 0 Å². The SMILES string of the molecule is I.NC(=NCCNS(=O)(=O)c1cccc(Cl)c1)NC1CCOc2ccccc21. The summed E-state index contributed by atoms with van der Waals surface area (Å²) in [5.74, 6) is 1.10. The minimum Gasteiger partial charge on any atom is -0.493 e. The number of rotatable bonds is 6. The molecule has 0 aromatic heterocycles. The van der Waals surface area contributed by atoms with Gasteiger partial charge in [-0.15, -0.1) is 24.0 Å². The van der Waals surface area contributed by atoms with Crippen molar-refractivity contribution in [3.05, 3.63) is 59.1 Å². The molecule has 0 amide bonds. The van der Waals surface area contributed by atoms with Crippen LogP contribution in [0.5, 0.6) is 5.75 Å². The van der Waals surface area contributed by atoms with E-state index < -0.39 is 10.0 Å². The Morgan fingerprint density at radius 3 is 2.82 bits per heavy atom. The molecule has 0 fully saturated rings. The molecule has 7 nitrogen and oxygen atoms in total. The number of nitrogens with one attached hydrogen (secondary N) is 2. The molecule has 4 N–H and O–H groups in total. The highest BCUT2D eigenvalue weighted by Crippen LogP contribution is 2.31. The molecule has 1 unspecified atom stereocenters. The van der Waals surface area contributed by atoms with Crippen LogP contribution in [0.15, 0.2) is 58.4 Å². The van der Waals surface area contributed by atoms with Crippen molar-refractivity contribution in [2.45, 2.75) is 17.4 Å². The number of halogens is 2. The van der Waals surface area contributed by atoms with Gasteiger partial charge < -0.3 is 15.8 Å². The zero-order valence-corrected chi connectivity index (χ0v) is 18.9. The molecule has 0 spiro atoms. The Kier molecular flexibility index (Phi) is 8.35. The lowest BCUT2D eigenvalue weighted by Gasteiger charge is -2.26. The zero-order chi connectivity index (χ0) is 19.3. The Hall–Kier alpha value is -1.56. The molecule has 1 aliphatic heterocycles. The summed E-state index contributed by atoms with van der Waals surface area (Å²) in [4.78, 5) is 4.31. The molecule has 1 aliphatic rings. The van der Waals surface area contributed by atoms with Gasteiger partial charge in [-0.25, -0.2) is 13.1 Å². The van der Waals surface area contributed by atoms with Gasteiger partial charge in [0.15, 0.2) is 5.96 Å². The second kappa shape index (κ2) is 10.3. The minimum absolute atomic E-state index is 0. The maximum Gasteiger partial charge on any atom is 0.240 e. The molecule has 1 atom stereocenters. The van der Waals surface area contributed by atoms with E-state index >= 15 is 0 Å². The highest BCUT2D eigenvalue weighted by atomic mass is 127. The molecule has 0 bridgehead atoms. The van der Waals surface area contributed by atoms with Gasteiger partial charge in [-0.3, -0.25) is 4.99 Å². The van der Waals surface area contributed by atoms with Gasteiger partial charge in [0.25, 0.3) is 0 Å². The van der Waals surface area contributed by atoms with Crippen LogP contribution in [0.2, 0.25) is 5.02 Å². The van der Waals surface area contributed by atoms with E-state index in [1.54, 1.807) is 12.1 Å². The number of sulfonamides is 1. The van der Waals surface area contributed by atoms with Crippen LogP contribution in [-0.2, 0) is 10.0 Å². The van der Waals surface area contributed by atoms with Gasteiger partial charge in [-0.2, -0.15) is 0 Å². The van der Waals surface area contributed by atoms with Crippen molar-refractivity contribution in [3.8, 4) is 5.75 Å². The predicted octanol–water partition coefficient (Wildman–Crippen LogP) is 2.66. The summed E-state index contributed by atoms with van der Waals surface area (Å²) in [7, 11) is -3.63. The monoisotopic (exact) mass is 536 g/mol. The van der Waals surface area contributed by atoms with E-state index in [2.05, 4.69) is 15.0 Å². The summed E-state index contributed by atoms with van der Waals surface area (Å²) in [6, 6.07) is 13.9. The molecule has 0 radical (unpaired) electrons. The first-order valence-corrected chi connectivity index (χ1v) is 10.4. The number of nitrogens with two attached hydrogens (primary N) is 1. The van der Waals surface area contributed by atoms with E-state index in [-0.39, 0.29) is 54.0 Å². The van der Waals surface area contributed by atoms with Gasteiger partial charge in [0, 0.05) is 23.6 Å². The summed E-state index contributed by atoms with van der Waals surface area (Å²) in [6.45, 7) is 0.937. The second-order valence-corrected chi connectivity index (χ2v) is 8.20. The summed E-state index contributed by atoms with van der Waals surface area (Å²) >= 11 is 5.83. The lowest BCUT2D eigenvalue weighted by molar-refractivity contribution is 0.262. The molecule has 1 heterocycles. The Bertz CT molecular complexity index is 940. The Balaban J connectivity index is 0.00000280. The molecular weight excluding hydrogens is 515 g/mol. The first-order chi connectivity index (χ1) is 13.0. The first-order valence-electron chi connectivity index (χ1n) is 8.49. The summed E-state index contributed by atoms with van der Waals surface area (Å²) in [5, 5.41) is 3.53. The lowest BCUT2D eigenvalue weighted by atomic mass is 10.0. The van der Waals surface area contributed by atoms with Gasteiger partial charge in [0.1, 0.15) is 5.75 Å². The number of aliphatic imine (C=N–C) groups is 1. The standard InChI is InChI=1S/C18H21ClN4O3S.HI/c19-13-4-3-5-14(12-13)27(24,25)22-10-9-21-18(20)23-16-8-11-26-17-7-2-1-6-15(16)17;/h1-7,12,16,22H,8-11H2,(H3,20,21,23);1H. The van der Waals surface area contributed by atoms with Crippen LogP contribution in [0, 0.1) is 0 Å². The van der Waals surface area contributed by atoms with Crippen molar-refractivity contribution in [3.63, 3.8) is 0 Å². The number of hydrogen-bond donors (Lipinski definition) is 3. The lowest BCUT2D eigenvalue weighted by Crippen LogP contribution is -2.38. The van der Waals surface area contributed by atoms with E-state index in [4.69, 9.17) is 22.1 Å². The van der Waals surface area contributed by atoms with Crippen LogP contribution in [0.1, 0.15) is 18.0 Å². The minimum atomic E-state index is -3.63. The number of guanidine groups is 1. The van der Waals surface area contributed by atoms with Crippen LogP contribution in [-0.4, -0.2) is 34.1 Å². The fourth-order valence-corrected chi connectivity index (χ4v) is 4.11. The van der Waals surface area contributed by atoms with Crippen LogP contribution >= 0.6 is 35.6 Å². The zero-order valence-electron chi connectivity index (χ0n) is 15.0. The fraction of sp³-hybridized carbons (Fsp3) is 0.278. The van der Waals surface area contributed by atoms with Gasteiger partial charge in [-0.1, -0.05) is 35.9 Å². The van der Waals surface area contributed by atoms with Crippen LogP contribution < -0.4 is 20.5 Å². The molecule has 2 aromatic rings. The van der Waals surface area contributed by atoms with Crippen molar-refractivity contribution in [2.24, 2.45) is 10.7 Å². The molecule has 10 heteroatoms. The Morgan fingerprint density at radius 2 is 2.04 bits per heavy atom. The van der Waals surface area contributed by atoms with Crippen LogP contribution in [0.4, 0.5) is 0 Å². The van der Waals surface area contributed by atoms with Gasteiger partial charge in [0.05, 0.1) is 24.1 Å². The third-order valence-electron chi connectivity index (χ3n) is 4.07. The van der Waals surface area contributed by atoms with Gasteiger partial charge in [0.2, 0.25) is 10.0 Å². The Morgan fingerprint density at radius 1 is 1.25 bits per heavy atom. The summed E-state index contributed by atoms with van der Waals surface area (Å²) in [6.07, 6.45) is 0.772. The molecule has 3 rings (SSSR count). The molecule has 0 saturated carbocycles. The molecular formula is C18H22ClIN4O3S. The van der Waals surface area contributed by atoms with Gasteiger partial charge >= 0.3 is 0 Å². The number of hydrogen-bond acceptors (Lipinski definition) is 4. The number of nitrogens with zero attached hydrogens (tertiary/aromatic N) is 1. The molecule has 152 valence electrons. The van der Waals surface area contributed by atoms with Crippen molar-refractivity contribution in [2.75, 3.05) is 19.7 Å². The average Bonchev–Trinajstić information content (AvgIpc) is 2.66. The quantitative estimate of drug-likeness (QED) is 0.228. The maximum absolute atomic E-state index is 12.2. The number of para-hydroxylation sites is 1.